The van der Waals surface area contributed by atoms with Crippen molar-refractivity contribution in [3.8, 4) is 5.75 Å². The molecule has 1 aliphatic rings. The molecule has 0 aliphatic carbocycles. The molecule has 1 aliphatic heterocycles. The zero-order chi connectivity index (χ0) is 20.4. The standard InChI is InChI=1S/C24H26ClNO3/c1-16-17(2)24(27)29-23-13-21(6-7-22(16)23)28-15-18-8-10-26(11-9-18)14-19-4-3-5-20(25)12-19/h3-7,12-13,18H,8-11,14-15H2,1-2H3. The third kappa shape index (κ3) is 4.65. The molecule has 5 heteroatoms. The van der Waals surface area contributed by atoms with Gasteiger partial charge in [-0.2, -0.15) is 0 Å². The SMILES string of the molecule is Cc1c(C)c2ccc(OCC3CCN(Cc4cccc(Cl)c4)CC3)cc2oc1=O. The molecule has 29 heavy (non-hydrogen) atoms. The molecule has 0 atom stereocenters. The fraction of sp³-hybridized carbons (Fsp3) is 0.375. The number of halogens is 1. The van der Waals surface area contributed by atoms with E-state index in [0.29, 0.717) is 23.7 Å². The number of aryl methyl sites for hydroxylation is 1. The van der Waals surface area contributed by atoms with Crippen LogP contribution in [-0.4, -0.2) is 24.6 Å². The van der Waals surface area contributed by atoms with E-state index in [-0.39, 0.29) is 5.63 Å². The Morgan fingerprint density at radius 2 is 1.90 bits per heavy atom. The molecular weight excluding hydrogens is 386 g/mol. The summed E-state index contributed by atoms with van der Waals surface area (Å²) in [6, 6.07) is 13.9. The molecule has 1 fully saturated rings. The highest BCUT2D eigenvalue weighted by Crippen LogP contribution is 2.26. The van der Waals surface area contributed by atoms with E-state index in [2.05, 4.69) is 11.0 Å². The maximum absolute atomic E-state index is 11.9. The smallest absolute Gasteiger partial charge is 0.339 e. The first kappa shape index (κ1) is 20.0. The van der Waals surface area contributed by atoms with E-state index in [4.69, 9.17) is 20.8 Å². The Morgan fingerprint density at radius 3 is 2.66 bits per heavy atom. The Balaban J connectivity index is 1.32. The fourth-order valence-electron chi connectivity index (χ4n) is 3.94. The molecule has 2 heterocycles. The van der Waals surface area contributed by atoms with Crippen molar-refractivity contribution in [1.82, 2.24) is 4.90 Å². The zero-order valence-electron chi connectivity index (χ0n) is 16.9. The number of ether oxygens (including phenoxy) is 1. The first-order chi connectivity index (χ1) is 14.0. The van der Waals surface area contributed by atoms with Gasteiger partial charge in [-0.25, -0.2) is 4.79 Å². The van der Waals surface area contributed by atoms with Gasteiger partial charge in [0.2, 0.25) is 0 Å². The van der Waals surface area contributed by atoms with Gasteiger partial charge in [-0.3, -0.25) is 4.90 Å². The van der Waals surface area contributed by atoms with Crippen molar-refractivity contribution >= 4 is 22.6 Å². The van der Waals surface area contributed by atoms with Gasteiger partial charge in [0.05, 0.1) is 6.61 Å². The number of hydrogen-bond donors (Lipinski definition) is 0. The fourth-order valence-corrected chi connectivity index (χ4v) is 4.15. The monoisotopic (exact) mass is 411 g/mol. The third-order valence-corrected chi connectivity index (χ3v) is 6.15. The van der Waals surface area contributed by atoms with Crippen molar-refractivity contribution in [2.45, 2.75) is 33.2 Å². The van der Waals surface area contributed by atoms with Crippen LogP contribution >= 0.6 is 11.6 Å². The molecule has 0 unspecified atom stereocenters. The van der Waals surface area contributed by atoms with Gasteiger partial charge < -0.3 is 9.15 Å². The average Bonchev–Trinajstić information content (AvgIpc) is 2.71. The average molecular weight is 412 g/mol. The molecule has 0 saturated carbocycles. The predicted octanol–water partition coefficient (Wildman–Crippen LogP) is 5.35. The Morgan fingerprint density at radius 1 is 1.10 bits per heavy atom. The molecular formula is C24H26ClNO3. The maximum Gasteiger partial charge on any atom is 0.339 e. The van der Waals surface area contributed by atoms with Crippen LogP contribution in [0.2, 0.25) is 5.02 Å². The number of piperidine rings is 1. The molecule has 4 rings (SSSR count). The lowest BCUT2D eigenvalue weighted by Gasteiger charge is -2.31. The molecule has 1 saturated heterocycles. The number of likely N-dealkylation sites (tertiary alicyclic amines) is 1. The first-order valence-corrected chi connectivity index (χ1v) is 10.5. The van der Waals surface area contributed by atoms with Crippen molar-refractivity contribution < 1.29 is 9.15 Å². The Kier molecular flexibility index (Phi) is 5.93. The second-order valence-electron chi connectivity index (χ2n) is 7.96. The second-order valence-corrected chi connectivity index (χ2v) is 8.39. The summed E-state index contributed by atoms with van der Waals surface area (Å²) in [7, 11) is 0. The van der Waals surface area contributed by atoms with Crippen LogP contribution < -0.4 is 10.4 Å². The summed E-state index contributed by atoms with van der Waals surface area (Å²) in [4.78, 5) is 14.4. The Hall–Kier alpha value is -2.30. The van der Waals surface area contributed by atoms with Crippen LogP contribution in [0.25, 0.3) is 11.0 Å². The largest absolute Gasteiger partial charge is 0.493 e. The van der Waals surface area contributed by atoms with Gasteiger partial charge in [0, 0.05) is 28.6 Å². The summed E-state index contributed by atoms with van der Waals surface area (Å²) < 4.78 is 11.5. The van der Waals surface area contributed by atoms with Crippen LogP contribution in [0.3, 0.4) is 0 Å². The van der Waals surface area contributed by atoms with E-state index < -0.39 is 0 Å². The minimum atomic E-state index is -0.278. The maximum atomic E-state index is 11.9. The van der Waals surface area contributed by atoms with E-state index in [9.17, 15) is 4.79 Å². The van der Waals surface area contributed by atoms with Crippen LogP contribution in [0.15, 0.2) is 51.7 Å². The molecule has 2 aromatic carbocycles. The van der Waals surface area contributed by atoms with Crippen LogP contribution in [-0.2, 0) is 6.54 Å². The molecule has 0 radical (unpaired) electrons. The normalized spacial score (nSPS) is 15.7. The van der Waals surface area contributed by atoms with Crippen LogP contribution in [0.5, 0.6) is 5.75 Å². The van der Waals surface area contributed by atoms with Gasteiger partial charge in [0.15, 0.2) is 0 Å². The Bertz CT molecular complexity index is 1070. The van der Waals surface area contributed by atoms with Crippen molar-refractivity contribution in [1.29, 1.82) is 0 Å². The quantitative estimate of drug-likeness (QED) is 0.530. The number of benzene rings is 2. The van der Waals surface area contributed by atoms with Gasteiger partial charge in [-0.1, -0.05) is 23.7 Å². The third-order valence-electron chi connectivity index (χ3n) is 5.92. The lowest BCUT2D eigenvalue weighted by Crippen LogP contribution is -2.35. The molecule has 0 amide bonds. The van der Waals surface area contributed by atoms with E-state index in [1.165, 1.54) is 5.56 Å². The lowest BCUT2D eigenvalue weighted by atomic mass is 9.97. The van der Waals surface area contributed by atoms with Crippen molar-refractivity contribution in [3.63, 3.8) is 0 Å². The summed E-state index contributed by atoms with van der Waals surface area (Å²) in [5, 5.41) is 1.76. The molecule has 4 nitrogen and oxygen atoms in total. The van der Waals surface area contributed by atoms with Gasteiger partial charge in [-0.05, 0) is 81.1 Å². The van der Waals surface area contributed by atoms with Gasteiger partial charge in [0.25, 0.3) is 0 Å². The number of nitrogens with zero attached hydrogens (tertiary/aromatic N) is 1. The zero-order valence-corrected chi connectivity index (χ0v) is 17.7. The van der Waals surface area contributed by atoms with E-state index in [1.54, 1.807) is 6.92 Å². The van der Waals surface area contributed by atoms with Crippen molar-refractivity contribution in [3.05, 3.63) is 74.6 Å². The molecule has 152 valence electrons. The number of hydrogen-bond acceptors (Lipinski definition) is 4. The topological polar surface area (TPSA) is 42.7 Å². The van der Waals surface area contributed by atoms with E-state index in [0.717, 1.165) is 54.2 Å². The van der Waals surface area contributed by atoms with Gasteiger partial charge in [-0.15, -0.1) is 0 Å². The van der Waals surface area contributed by atoms with Gasteiger partial charge >= 0.3 is 5.63 Å². The summed E-state index contributed by atoms with van der Waals surface area (Å²) in [6.07, 6.45) is 2.23. The van der Waals surface area contributed by atoms with Crippen molar-refractivity contribution in [2.24, 2.45) is 5.92 Å². The molecule has 0 bridgehead atoms. The summed E-state index contributed by atoms with van der Waals surface area (Å²) >= 11 is 6.09. The second kappa shape index (κ2) is 8.60. The van der Waals surface area contributed by atoms with Crippen LogP contribution in [0.4, 0.5) is 0 Å². The molecule has 0 spiro atoms. The van der Waals surface area contributed by atoms with E-state index in [1.807, 2.05) is 43.3 Å². The minimum Gasteiger partial charge on any atom is -0.493 e. The number of fused-ring (bicyclic) bond motifs is 1. The first-order valence-electron chi connectivity index (χ1n) is 10.1. The minimum absolute atomic E-state index is 0.278. The highest BCUT2D eigenvalue weighted by Gasteiger charge is 2.20. The van der Waals surface area contributed by atoms with E-state index >= 15 is 0 Å². The lowest BCUT2D eigenvalue weighted by molar-refractivity contribution is 0.137. The summed E-state index contributed by atoms with van der Waals surface area (Å²) in [5.41, 5.74) is 3.20. The highest BCUT2D eigenvalue weighted by atomic mass is 35.5. The Labute approximate surface area is 176 Å². The summed E-state index contributed by atoms with van der Waals surface area (Å²) in [6.45, 7) is 7.50. The number of rotatable bonds is 5. The van der Waals surface area contributed by atoms with Crippen LogP contribution in [0.1, 0.15) is 29.5 Å². The predicted molar refractivity (Wildman–Crippen MR) is 117 cm³/mol. The molecule has 0 N–H and O–H groups in total. The van der Waals surface area contributed by atoms with Gasteiger partial charge in [0.1, 0.15) is 11.3 Å². The summed E-state index contributed by atoms with van der Waals surface area (Å²) in [5.74, 6) is 1.29. The molecule has 1 aromatic heterocycles. The van der Waals surface area contributed by atoms with Crippen molar-refractivity contribution in [2.75, 3.05) is 19.7 Å². The molecule has 3 aromatic rings. The highest BCUT2D eigenvalue weighted by molar-refractivity contribution is 6.30. The van der Waals surface area contributed by atoms with Crippen LogP contribution in [0, 0.1) is 19.8 Å².